The molecule has 0 aliphatic rings. The molecule has 4 N–H and O–H groups in total. The second-order valence-electron chi connectivity index (χ2n) is 13.4. The van der Waals surface area contributed by atoms with Gasteiger partial charge in [-0.25, -0.2) is 0 Å². The van der Waals surface area contributed by atoms with Crippen molar-refractivity contribution in [1.82, 2.24) is 0 Å². The van der Waals surface area contributed by atoms with Crippen molar-refractivity contribution in [1.29, 1.82) is 0 Å². The summed E-state index contributed by atoms with van der Waals surface area (Å²) in [4.78, 5) is 0. The summed E-state index contributed by atoms with van der Waals surface area (Å²) in [5.74, 6) is 0. The fraction of sp³-hybridized carbons (Fsp3) is 0. The molecule has 0 amide bonds. The van der Waals surface area contributed by atoms with Crippen molar-refractivity contribution in [2.75, 3.05) is 0 Å². The van der Waals surface area contributed by atoms with E-state index in [4.69, 9.17) is 0 Å². The molecule has 0 spiro atoms. The third-order valence-corrected chi connectivity index (χ3v) is 9.97. The minimum absolute atomic E-state index is 0. The zero-order chi connectivity index (χ0) is 36.1. The second kappa shape index (κ2) is 20.1. The van der Waals surface area contributed by atoms with Gasteiger partial charge in [-0.15, -0.1) is 0 Å². The summed E-state index contributed by atoms with van der Waals surface area (Å²) in [6, 6.07) is 82.6. The van der Waals surface area contributed by atoms with Gasteiger partial charge < -0.3 is 58.9 Å². The van der Waals surface area contributed by atoms with Gasteiger partial charge in [0.25, 0.3) is 0 Å². The Labute approximate surface area is 374 Å². The Balaban J connectivity index is 0.00000160. The molecule has 7 aromatic carbocycles. The Morgan fingerprint density at radius 1 is 0.207 bits per heavy atom. The largest absolute Gasteiger partial charge is 1.00 e. The first kappa shape index (κ1) is 43.3. The van der Waals surface area contributed by atoms with Crippen LogP contribution in [0.1, 0.15) is 0 Å². The van der Waals surface area contributed by atoms with Crippen molar-refractivity contribution in [2.45, 2.75) is 0 Å². The van der Waals surface area contributed by atoms with Gasteiger partial charge in [-0.1, -0.05) is 133 Å². The number of halogens is 2. The van der Waals surface area contributed by atoms with Gasteiger partial charge in [0.05, 0.1) is 6.07 Å². The van der Waals surface area contributed by atoms with Crippen LogP contribution in [0.3, 0.4) is 0 Å². The highest BCUT2D eigenvalue weighted by atomic mass is 127. The van der Waals surface area contributed by atoms with Crippen LogP contribution in [0.15, 0.2) is 231 Å². The summed E-state index contributed by atoms with van der Waals surface area (Å²) >= 11 is 0. The molecular formula is C52H42I2N2O2. The number of nitrogens with zero attached hydrogens (tertiary/aromatic N) is 2. The van der Waals surface area contributed by atoms with Gasteiger partial charge >= 0.3 is 0 Å². The maximum atomic E-state index is 2.42. The Bertz CT molecular complexity index is 2380. The Morgan fingerprint density at radius 2 is 0.431 bits per heavy atom. The number of rotatable bonds is 8. The first-order valence-electron chi connectivity index (χ1n) is 18.4. The van der Waals surface area contributed by atoms with Crippen molar-refractivity contribution < 1.29 is 68.0 Å². The minimum atomic E-state index is 0. The first-order chi connectivity index (χ1) is 26.8. The third-order valence-electron chi connectivity index (χ3n) is 9.97. The molecule has 2 heterocycles. The predicted octanol–water partition coefficient (Wildman–Crippen LogP) is 4.60. The van der Waals surface area contributed by atoms with Crippen LogP contribution >= 0.6 is 0 Å². The molecule has 58 heavy (non-hydrogen) atoms. The quantitative estimate of drug-likeness (QED) is 0.158. The molecule has 4 nitrogen and oxygen atoms in total. The van der Waals surface area contributed by atoms with E-state index in [2.05, 4.69) is 240 Å². The highest BCUT2D eigenvalue weighted by Crippen LogP contribution is 2.33. The lowest BCUT2D eigenvalue weighted by atomic mass is 9.98. The average molecular weight is 981 g/mol. The number of hydrogen-bond donors (Lipinski definition) is 0. The molecule has 0 saturated carbocycles. The van der Waals surface area contributed by atoms with Crippen LogP contribution in [0.5, 0.6) is 0 Å². The lowest BCUT2D eigenvalue weighted by Gasteiger charge is -2.14. The maximum Gasteiger partial charge on any atom is 0.219 e. The van der Waals surface area contributed by atoms with E-state index in [1.807, 2.05) is 0 Å². The molecule has 286 valence electrons. The number of aromatic nitrogens is 2. The van der Waals surface area contributed by atoms with E-state index in [1.54, 1.807) is 0 Å². The summed E-state index contributed by atoms with van der Waals surface area (Å²) in [5, 5.41) is 0. The number of benzene rings is 7. The number of pyridine rings is 2. The highest BCUT2D eigenvalue weighted by molar-refractivity contribution is 5.76. The fourth-order valence-electron chi connectivity index (χ4n) is 7.40. The van der Waals surface area contributed by atoms with Gasteiger partial charge in [-0.3, -0.25) is 0 Å². The first-order valence-corrected chi connectivity index (χ1v) is 18.4. The maximum absolute atomic E-state index is 2.42. The molecule has 0 unspecified atom stereocenters. The predicted molar refractivity (Wildman–Crippen MR) is 229 cm³/mol. The van der Waals surface area contributed by atoms with E-state index >= 15 is 0 Å². The normalized spacial score (nSPS) is 10.2. The lowest BCUT2D eigenvalue weighted by molar-refractivity contribution is -0.580. The van der Waals surface area contributed by atoms with Crippen molar-refractivity contribution >= 4 is 0 Å². The molecule has 0 aliphatic heterocycles. The van der Waals surface area contributed by atoms with E-state index < -0.39 is 0 Å². The summed E-state index contributed by atoms with van der Waals surface area (Å²) in [5.41, 5.74) is 15.9. The number of hydrogen-bond acceptors (Lipinski definition) is 0. The molecule has 9 rings (SSSR count). The van der Waals surface area contributed by atoms with E-state index in [0.717, 1.165) is 56.4 Å². The summed E-state index contributed by atoms with van der Waals surface area (Å²) in [6.07, 6.45) is 0. The van der Waals surface area contributed by atoms with Gasteiger partial charge in [0, 0.05) is 58.7 Å². The van der Waals surface area contributed by atoms with Gasteiger partial charge in [-0.2, -0.15) is 9.13 Å². The van der Waals surface area contributed by atoms with Crippen molar-refractivity contribution in [2.24, 2.45) is 0 Å². The van der Waals surface area contributed by atoms with Crippen LogP contribution in [0.4, 0.5) is 0 Å². The van der Waals surface area contributed by atoms with Crippen molar-refractivity contribution in [3.8, 4) is 78.7 Å². The zero-order valence-electron chi connectivity index (χ0n) is 31.6. The van der Waals surface area contributed by atoms with Crippen LogP contribution < -0.4 is 57.1 Å². The standard InChI is InChI=1S/C52H38N2.2HI.2H2O/c1-7-20-39(21-8-1)45-34-49(41-24-11-3-12-25-41)53(50(35-45)42-26-13-4-14-27-42)47-32-19-33-48(38-47)54-51(43-28-15-5-16-29-43)36-46(40-22-9-2-10-23-40)37-52(54)44-30-17-6-18-31-44;;;;/h1-38H;2*1H;2*1H2/q+2;;;;/p-2. The summed E-state index contributed by atoms with van der Waals surface area (Å²) in [6.45, 7) is 0. The third kappa shape index (κ3) is 9.01. The smallest absolute Gasteiger partial charge is 0.219 e. The van der Waals surface area contributed by atoms with Crippen LogP contribution in [-0.2, 0) is 0 Å². The van der Waals surface area contributed by atoms with Crippen molar-refractivity contribution in [3.05, 3.63) is 231 Å². The molecule has 6 heteroatoms. The minimum Gasteiger partial charge on any atom is -1.00 e. The molecule has 0 radical (unpaired) electrons. The highest BCUT2D eigenvalue weighted by Gasteiger charge is 2.29. The fourth-order valence-corrected chi connectivity index (χ4v) is 7.40. The Morgan fingerprint density at radius 3 is 0.672 bits per heavy atom. The molecule has 0 aliphatic carbocycles. The van der Waals surface area contributed by atoms with E-state index in [9.17, 15) is 0 Å². The van der Waals surface area contributed by atoms with E-state index in [0.29, 0.717) is 0 Å². The van der Waals surface area contributed by atoms with E-state index in [1.165, 1.54) is 22.3 Å². The molecule has 2 aromatic heterocycles. The topological polar surface area (TPSA) is 70.8 Å². The lowest BCUT2D eigenvalue weighted by Crippen LogP contribution is -3.00. The van der Waals surface area contributed by atoms with Gasteiger partial charge in [0.1, 0.15) is 0 Å². The zero-order valence-corrected chi connectivity index (χ0v) is 35.9. The van der Waals surface area contributed by atoms with Crippen LogP contribution in [0, 0.1) is 0 Å². The van der Waals surface area contributed by atoms with Crippen LogP contribution in [0.25, 0.3) is 78.7 Å². The average Bonchev–Trinajstić information content (AvgIpc) is 3.27. The molecule has 0 bridgehead atoms. The van der Waals surface area contributed by atoms with Gasteiger partial charge in [0.2, 0.25) is 34.2 Å². The van der Waals surface area contributed by atoms with E-state index in [-0.39, 0.29) is 58.9 Å². The molecule has 0 fully saturated rings. The SMILES string of the molecule is O.O.[I-].[I-].c1ccc(-c2cc(-c3ccccc3)[n+](-c3cccc(-[n+]4c(-c5ccccc5)cc(-c5ccccc5)cc4-c4ccccc4)c3)c(-c3ccccc3)c2)cc1. The Kier molecular flexibility index (Phi) is 15.0. The second-order valence-corrected chi connectivity index (χ2v) is 13.4. The summed E-state index contributed by atoms with van der Waals surface area (Å²) < 4.78 is 4.84. The van der Waals surface area contributed by atoms with Crippen LogP contribution in [0.2, 0.25) is 0 Å². The van der Waals surface area contributed by atoms with Crippen LogP contribution in [-0.4, -0.2) is 11.0 Å². The molecule has 0 saturated heterocycles. The van der Waals surface area contributed by atoms with Crippen molar-refractivity contribution in [3.63, 3.8) is 0 Å². The van der Waals surface area contributed by atoms with Gasteiger partial charge in [0.15, 0.2) is 0 Å². The van der Waals surface area contributed by atoms with Gasteiger partial charge in [-0.05, 0) is 76.9 Å². The molecular weight excluding hydrogens is 938 g/mol. The molecule has 0 atom stereocenters. The Hall–Kier alpha value is -5.78. The summed E-state index contributed by atoms with van der Waals surface area (Å²) in [7, 11) is 0. The molecule has 9 aromatic rings. The monoisotopic (exact) mass is 980 g/mol.